The third-order valence-corrected chi connectivity index (χ3v) is 5.54. The first-order valence-electron chi connectivity index (χ1n) is 9.32. The standard InChI is InChI=1S/C21H25Cl2N3O2/c1-15(21(27)24-19-8-7-17(22)13-18(19)23)25(2)14-16-5-3-4-6-20(16)26-9-11-28-12-10-26/h3-8,13,15H,9-12,14H2,1-2H3,(H,24,27). The van der Waals surface area contributed by atoms with Crippen LogP contribution in [0.1, 0.15) is 12.5 Å². The number of morpholine rings is 1. The smallest absolute Gasteiger partial charge is 0.241 e. The summed E-state index contributed by atoms with van der Waals surface area (Å²) in [6.45, 7) is 5.79. The molecule has 0 saturated carbocycles. The molecule has 28 heavy (non-hydrogen) atoms. The first-order valence-corrected chi connectivity index (χ1v) is 10.1. The Morgan fingerprint density at radius 2 is 1.93 bits per heavy atom. The number of ether oxygens (including phenoxy) is 1. The van der Waals surface area contributed by atoms with Crippen LogP contribution in [0.15, 0.2) is 42.5 Å². The molecule has 7 heteroatoms. The summed E-state index contributed by atoms with van der Waals surface area (Å²) in [7, 11) is 1.95. The molecular weight excluding hydrogens is 397 g/mol. The maximum absolute atomic E-state index is 12.7. The zero-order valence-electron chi connectivity index (χ0n) is 16.1. The maximum Gasteiger partial charge on any atom is 0.241 e. The van der Waals surface area contributed by atoms with Crippen molar-refractivity contribution in [2.24, 2.45) is 0 Å². The maximum atomic E-state index is 12.7. The SMILES string of the molecule is CC(C(=O)Nc1ccc(Cl)cc1Cl)N(C)Cc1ccccc1N1CCOCC1. The van der Waals surface area contributed by atoms with Gasteiger partial charge in [-0.2, -0.15) is 0 Å². The van der Waals surface area contributed by atoms with Crippen molar-refractivity contribution in [3.63, 3.8) is 0 Å². The fraction of sp³-hybridized carbons (Fsp3) is 0.381. The second-order valence-electron chi connectivity index (χ2n) is 6.93. The summed E-state index contributed by atoms with van der Waals surface area (Å²) in [6.07, 6.45) is 0. The van der Waals surface area contributed by atoms with E-state index in [0.29, 0.717) is 22.3 Å². The van der Waals surface area contributed by atoms with Crippen LogP contribution in [0, 0.1) is 0 Å². The van der Waals surface area contributed by atoms with Gasteiger partial charge >= 0.3 is 0 Å². The van der Waals surface area contributed by atoms with Gasteiger partial charge in [0.05, 0.1) is 30.0 Å². The quantitative estimate of drug-likeness (QED) is 0.755. The minimum atomic E-state index is -0.329. The summed E-state index contributed by atoms with van der Waals surface area (Å²) in [5.74, 6) is -0.115. The highest BCUT2D eigenvalue weighted by Gasteiger charge is 2.21. The molecule has 1 aliphatic rings. The lowest BCUT2D eigenvalue weighted by atomic mass is 10.1. The molecule has 0 aliphatic carbocycles. The molecule has 1 N–H and O–H groups in total. The van der Waals surface area contributed by atoms with E-state index < -0.39 is 0 Å². The van der Waals surface area contributed by atoms with E-state index in [1.807, 2.05) is 31.0 Å². The van der Waals surface area contributed by atoms with Crippen LogP contribution in [-0.4, -0.2) is 50.2 Å². The monoisotopic (exact) mass is 421 g/mol. The molecule has 1 aliphatic heterocycles. The van der Waals surface area contributed by atoms with E-state index in [1.165, 1.54) is 11.3 Å². The number of para-hydroxylation sites is 1. The van der Waals surface area contributed by atoms with Gasteiger partial charge in [-0.1, -0.05) is 41.4 Å². The number of anilines is 2. The van der Waals surface area contributed by atoms with E-state index in [0.717, 1.165) is 26.3 Å². The number of carbonyl (C=O) groups is 1. The summed E-state index contributed by atoms with van der Waals surface area (Å²) < 4.78 is 5.46. The Morgan fingerprint density at radius 3 is 2.64 bits per heavy atom. The van der Waals surface area contributed by atoms with Gasteiger partial charge in [0.1, 0.15) is 0 Å². The Balaban J connectivity index is 1.67. The minimum Gasteiger partial charge on any atom is -0.378 e. The van der Waals surface area contributed by atoms with Crippen LogP contribution in [0.25, 0.3) is 0 Å². The third kappa shape index (κ3) is 5.17. The Kier molecular flexibility index (Phi) is 7.18. The van der Waals surface area contributed by atoms with Crippen LogP contribution in [0.3, 0.4) is 0 Å². The molecule has 1 unspecified atom stereocenters. The second-order valence-corrected chi connectivity index (χ2v) is 7.78. The molecule has 1 heterocycles. The Hall–Kier alpha value is -1.79. The zero-order valence-corrected chi connectivity index (χ0v) is 17.6. The van der Waals surface area contributed by atoms with Crippen molar-refractivity contribution in [3.8, 4) is 0 Å². The minimum absolute atomic E-state index is 0.115. The molecule has 0 radical (unpaired) electrons. The van der Waals surface area contributed by atoms with Crippen LogP contribution >= 0.6 is 23.2 Å². The number of likely N-dealkylation sites (N-methyl/N-ethyl adjacent to an activating group) is 1. The third-order valence-electron chi connectivity index (χ3n) is 4.99. The van der Waals surface area contributed by atoms with Crippen molar-refractivity contribution >= 4 is 40.5 Å². The van der Waals surface area contributed by atoms with E-state index in [9.17, 15) is 4.79 Å². The van der Waals surface area contributed by atoms with E-state index in [1.54, 1.807) is 18.2 Å². The topological polar surface area (TPSA) is 44.8 Å². The summed E-state index contributed by atoms with van der Waals surface area (Å²) >= 11 is 12.1. The van der Waals surface area contributed by atoms with Crippen molar-refractivity contribution in [2.45, 2.75) is 19.5 Å². The highest BCUT2D eigenvalue weighted by atomic mass is 35.5. The second kappa shape index (κ2) is 9.61. The normalized spacial score (nSPS) is 15.5. The molecule has 1 atom stereocenters. The molecule has 2 aromatic rings. The van der Waals surface area contributed by atoms with Crippen LogP contribution in [0.4, 0.5) is 11.4 Å². The lowest BCUT2D eigenvalue weighted by molar-refractivity contribution is -0.120. The van der Waals surface area contributed by atoms with Gasteiger partial charge in [0.25, 0.3) is 0 Å². The molecule has 0 spiro atoms. The van der Waals surface area contributed by atoms with Crippen LogP contribution in [0.5, 0.6) is 0 Å². The molecular formula is C21H25Cl2N3O2. The summed E-state index contributed by atoms with van der Waals surface area (Å²) in [4.78, 5) is 17.1. The number of nitrogens with one attached hydrogen (secondary N) is 1. The number of hydrogen-bond donors (Lipinski definition) is 1. The predicted octanol–water partition coefficient (Wildman–Crippen LogP) is 4.29. The summed E-state index contributed by atoms with van der Waals surface area (Å²) in [5, 5.41) is 3.84. The van der Waals surface area contributed by atoms with Crippen LogP contribution in [-0.2, 0) is 16.1 Å². The first-order chi connectivity index (χ1) is 13.5. The predicted molar refractivity (Wildman–Crippen MR) is 115 cm³/mol. The van der Waals surface area contributed by atoms with Gasteiger partial charge in [-0.05, 0) is 43.8 Å². The number of benzene rings is 2. The Labute approximate surface area is 176 Å². The highest BCUT2D eigenvalue weighted by Crippen LogP contribution is 2.26. The van der Waals surface area contributed by atoms with E-state index >= 15 is 0 Å². The van der Waals surface area contributed by atoms with Gasteiger partial charge in [0.15, 0.2) is 0 Å². The number of halogens is 2. The van der Waals surface area contributed by atoms with Gasteiger partial charge in [-0.15, -0.1) is 0 Å². The summed E-state index contributed by atoms with van der Waals surface area (Å²) in [5.41, 5.74) is 2.95. The van der Waals surface area contributed by atoms with Gasteiger partial charge in [-0.3, -0.25) is 9.69 Å². The van der Waals surface area contributed by atoms with Gasteiger partial charge in [0, 0.05) is 30.3 Å². The van der Waals surface area contributed by atoms with Crippen molar-refractivity contribution in [3.05, 3.63) is 58.1 Å². The number of amides is 1. The number of hydrogen-bond acceptors (Lipinski definition) is 4. The molecule has 0 aromatic heterocycles. The lowest BCUT2D eigenvalue weighted by Crippen LogP contribution is -2.40. The van der Waals surface area contributed by atoms with Crippen LogP contribution in [0.2, 0.25) is 10.0 Å². The molecule has 0 bridgehead atoms. The Bertz CT molecular complexity index is 825. The van der Waals surface area contributed by atoms with Crippen molar-refractivity contribution in [2.75, 3.05) is 43.6 Å². The number of carbonyl (C=O) groups excluding carboxylic acids is 1. The fourth-order valence-electron chi connectivity index (χ4n) is 3.19. The van der Waals surface area contributed by atoms with Crippen molar-refractivity contribution in [1.82, 2.24) is 4.90 Å². The molecule has 5 nitrogen and oxygen atoms in total. The largest absolute Gasteiger partial charge is 0.378 e. The van der Waals surface area contributed by atoms with Crippen LogP contribution < -0.4 is 10.2 Å². The summed E-state index contributed by atoms with van der Waals surface area (Å²) in [6, 6.07) is 13.0. The van der Waals surface area contributed by atoms with E-state index in [2.05, 4.69) is 22.3 Å². The average Bonchev–Trinajstić information content (AvgIpc) is 2.70. The Morgan fingerprint density at radius 1 is 1.21 bits per heavy atom. The van der Waals surface area contributed by atoms with Crippen molar-refractivity contribution in [1.29, 1.82) is 0 Å². The zero-order chi connectivity index (χ0) is 20.1. The molecule has 3 rings (SSSR count). The lowest BCUT2D eigenvalue weighted by Gasteiger charge is -2.32. The van der Waals surface area contributed by atoms with Crippen molar-refractivity contribution < 1.29 is 9.53 Å². The van der Waals surface area contributed by atoms with Gasteiger partial charge in [-0.25, -0.2) is 0 Å². The van der Waals surface area contributed by atoms with Gasteiger partial charge < -0.3 is 15.0 Å². The number of nitrogens with zero attached hydrogens (tertiary/aromatic N) is 2. The molecule has 150 valence electrons. The van der Waals surface area contributed by atoms with Gasteiger partial charge in [0.2, 0.25) is 5.91 Å². The molecule has 2 aromatic carbocycles. The molecule has 1 amide bonds. The molecule has 1 fully saturated rings. The average molecular weight is 422 g/mol. The highest BCUT2D eigenvalue weighted by molar-refractivity contribution is 6.36. The molecule has 1 saturated heterocycles. The number of rotatable bonds is 6. The van der Waals surface area contributed by atoms with E-state index in [-0.39, 0.29) is 11.9 Å². The van der Waals surface area contributed by atoms with E-state index in [4.69, 9.17) is 27.9 Å². The first kappa shape index (κ1) is 20.9. The fourth-order valence-corrected chi connectivity index (χ4v) is 3.65.